The van der Waals surface area contributed by atoms with Gasteiger partial charge in [-0.15, -0.1) is 0 Å². The minimum atomic E-state index is -0.470. The van der Waals surface area contributed by atoms with Crippen LogP contribution in [0.1, 0.15) is 64.3 Å². The highest BCUT2D eigenvalue weighted by Gasteiger charge is 2.16. The Kier molecular flexibility index (Phi) is 8.97. The number of carbonyl (C=O) groups excluding carboxylic acids is 3. The molecule has 0 spiro atoms. The monoisotopic (exact) mass is 518 g/mol. The first kappa shape index (κ1) is 27.3. The number of hydrazine groups is 1. The largest absolute Gasteiger partial charge is 0.493 e. The minimum absolute atomic E-state index is 0.00458. The predicted molar refractivity (Wildman–Crippen MR) is 148 cm³/mol. The molecule has 9 heteroatoms. The van der Waals surface area contributed by atoms with Crippen molar-refractivity contribution in [2.24, 2.45) is 0 Å². The molecule has 0 saturated heterocycles. The second-order valence-corrected chi connectivity index (χ2v) is 9.56. The van der Waals surface area contributed by atoms with Crippen LogP contribution in [0.5, 0.6) is 5.75 Å². The van der Waals surface area contributed by atoms with E-state index in [1.807, 2.05) is 19.1 Å². The van der Waals surface area contributed by atoms with Crippen LogP contribution in [0.3, 0.4) is 0 Å². The van der Waals surface area contributed by atoms with E-state index in [1.54, 1.807) is 60.7 Å². The van der Waals surface area contributed by atoms with Gasteiger partial charge in [0.25, 0.3) is 17.7 Å². The topological polar surface area (TPSA) is 109 Å². The molecule has 0 aliphatic heterocycles. The molecule has 0 radical (unpaired) electrons. The number of rotatable bonds is 6. The molecule has 3 aromatic carbocycles. The fraction of sp³-hybridized carbons (Fsp3) is 0.214. The smallest absolute Gasteiger partial charge is 0.269 e. The lowest BCUT2D eigenvalue weighted by atomic mass is 9.87. The van der Waals surface area contributed by atoms with Crippen LogP contribution in [0.4, 0.5) is 5.69 Å². The number of benzene rings is 3. The van der Waals surface area contributed by atoms with Gasteiger partial charge in [-0.3, -0.25) is 30.6 Å². The van der Waals surface area contributed by atoms with Crippen molar-refractivity contribution in [3.8, 4) is 5.75 Å². The van der Waals surface area contributed by atoms with Gasteiger partial charge in [0.2, 0.25) is 0 Å². The van der Waals surface area contributed by atoms with Gasteiger partial charge in [0, 0.05) is 16.8 Å². The van der Waals surface area contributed by atoms with E-state index in [-0.39, 0.29) is 16.4 Å². The van der Waals surface area contributed by atoms with Gasteiger partial charge >= 0.3 is 0 Å². The van der Waals surface area contributed by atoms with E-state index in [0.29, 0.717) is 34.7 Å². The van der Waals surface area contributed by atoms with E-state index >= 15 is 0 Å². The Morgan fingerprint density at radius 3 is 2.00 bits per heavy atom. The molecule has 3 aromatic rings. The Labute approximate surface area is 221 Å². The van der Waals surface area contributed by atoms with Crippen LogP contribution in [0, 0.1) is 0 Å². The highest BCUT2D eigenvalue weighted by atomic mass is 32.1. The second kappa shape index (κ2) is 12.1. The first-order chi connectivity index (χ1) is 17.6. The lowest BCUT2D eigenvalue weighted by Gasteiger charge is -2.19. The van der Waals surface area contributed by atoms with Crippen LogP contribution in [0.2, 0.25) is 0 Å². The van der Waals surface area contributed by atoms with Crippen LogP contribution >= 0.6 is 12.2 Å². The van der Waals surface area contributed by atoms with Gasteiger partial charge in [-0.1, -0.05) is 45.0 Å². The molecule has 3 rings (SSSR count). The molecule has 0 aromatic heterocycles. The van der Waals surface area contributed by atoms with E-state index < -0.39 is 11.8 Å². The van der Waals surface area contributed by atoms with E-state index in [9.17, 15) is 14.4 Å². The lowest BCUT2D eigenvalue weighted by Crippen LogP contribution is -2.48. The molecular formula is C28H30N4O4S. The predicted octanol–water partition coefficient (Wildman–Crippen LogP) is 4.58. The summed E-state index contributed by atoms with van der Waals surface area (Å²) >= 11 is 5.10. The lowest BCUT2D eigenvalue weighted by molar-refractivity contribution is 0.0933. The summed E-state index contributed by atoms with van der Waals surface area (Å²) in [5, 5.41) is 5.24. The highest BCUT2D eigenvalue weighted by molar-refractivity contribution is 7.80. The zero-order chi connectivity index (χ0) is 27.0. The van der Waals surface area contributed by atoms with Crippen molar-refractivity contribution in [3.63, 3.8) is 0 Å². The van der Waals surface area contributed by atoms with E-state index in [1.165, 1.54) is 0 Å². The van der Waals surface area contributed by atoms with Gasteiger partial charge in [0.1, 0.15) is 5.75 Å². The number of carbonyl (C=O) groups is 3. The molecular weight excluding hydrogens is 488 g/mol. The SMILES string of the molecule is CCOc1ccccc1C(=O)NC(=S)NNC(=O)c1ccc(NC(=O)c2ccc(C(C)(C)C)cc2)cc1. The summed E-state index contributed by atoms with van der Waals surface area (Å²) in [7, 11) is 0. The third-order valence-electron chi connectivity index (χ3n) is 5.37. The van der Waals surface area contributed by atoms with E-state index in [0.717, 1.165) is 5.56 Å². The van der Waals surface area contributed by atoms with Gasteiger partial charge < -0.3 is 10.1 Å². The molecule has 37 heavy (non-hydrogen) atoms. The molecule has 0 bridgehead atoms. The maximum Gasteiger partial charge on any atom is 0.269 e. The fourth-order valence-electron chi connectivity index (χ4n) is 3.35. The van der Waals surface area contributed by atoms with Crippen LogP contribution < -0.4 is 26.2 Å². The van der Waals surface area contributed by atoms with Crippen LogP contribution in [0.25, 0.3) is 0 Å². The van der Waals surface area contributed by atoms with Crippen molar-refractivity contribution in [1.29, 1.82) is 0 Å². The van der Waals surface area contributed by atoms with Crippen molar-refractivity contribution >= 4 is 40.7 Å². The third-order valence-corrected chi connectivity index (χ3v) is 5.57. The summed E-state index contributed by atoms with van der Waals surface area (Å²) in [6.07, 6.45) is 0. The summed E-state index contributed by atoms with van der Waals surface area (Å²) in [5.74, 6) is -0.749. The van der Waals surface area contributed by atoms with E-state index in [4.69, 9.17) is 17.0 Å². The maximum absolute atomic E-state index is 12.6. The van der Waals surface area contributed by atoms with Crippen molar-refractivity contribution < 1.29 is 19.1 Å². The Balaban J connectivity index is 1.51. The zero-order valence-corrected chi connectivity index (χ0v) is 22.0. The van der Waals surface area contributed by atoms with Gasteiger partial charge in [0.15, 0.2) is 5.11 Å². The summed E-state index contributed by atoms with van der Waals surface area (Å²) in [6.45, 7) is 8.57. The average molecular weight is 519 g/mol. The number of amides is 3. The molecule has 0 heterocycles. The second-order valence-electron chi connectivity index (χ2n) is 9.15. The molecule has 0 aliphatic rings. The first-order valence-corrected chi connectivity index (χ1v) is 12.1. The maximum atomic E-state index is 12.6. The Hall–Kier alpha value is -4.24. The molecule has 0 fully saturated rings. The summed E-state index contributed by atoms with van der Waals surface area (Å²) in [4.78, 5) is 37.5. The Bertz CT molecular complexity index is 1280. The molecule has 0 aliphatic carbocycles. The van der Waals surface area contributed by atoms with Gasteiger partial charge in [-0.2, -0.15) is 0 Å². The summed E-state index contributed by atoms with van der Waals surface area (Å²) in [6, 6.07) is 20.6. The van der Waals surface area contributed by atoms with Crippen molar-refractivity contribution in [1.82, 2.24) is 16.2 Å². The van der Waals surface area contributed by atoms with Crippen LogP contribution in [-0.4, -0.2) is 29.4 Å². The average Bonchev–Trinajstić information content (AvgIpc) is 2.87. The number of nitrogens with one attached hydrogen (secondary N) is 4. The van der Waals surface area contributed by atoms with Gasteiger partial charge in [-0.25, -0.2) is 0 Å². The van der Waals surface area contributed by atoms with Gasteiger partial charge in [-0.05, 0) is 78.7 Å². The minimum Gasteiger partial charge on any atom is -0.493 e. The summed E-state index contributed by atoms with van der Waals surface area (Å²) < 4.78 is 5.45. The third kappa shape index (κ3) is 7.62. The molecule has 3 amide bonds. The van der Waals surface area contributed by atoms with Crippen molar-refractivity contribution in [2.45, 2.75) is 33.1 Å². The molecule has 0 unspecified atom stereocenters. The van der Waals surface area contributed by atoms with E-state index in [2.05, 4.69) is 42.3 Å². The van der Waals surface area contributed by atoms with Crippen molar-refractivity contribution in [3.05, 3.63) is 95.1 Å². The van der Waals surface area contributed by atoms with Gasteiger partial charge in [0.05, 0.1) is 12.2 Å². The molecule has 0 saturated carbocycles. The van der Waals surface area contributed by atoms with Crippen LogP contribution in [-0.2, 0) is 5.41 Å². The van der Waals surface area contributed by atoms with Crippen LogP contribution in [0.15, 0.2) is 72.8 Å². The number of ether oxygens (including phenoxy) is 1. The molecule has 192 valence electrons. The standard InChI is InChI=1S/C28H30N4O4S/c1-5-36-23-9-7-6-8-22(23)26(35)30-27(37)32-31-25(34)19-12-16-21(17-13-19)29-24(33)18-10-14-20(15-11-18)28(2,3)4/h6-17H,5H2,1-4H3,(H,29,33)(H,31,34)(H2,30,32,35,37). The number of para-hydroxylation sites is 1. The quantitative estimate of drug-likeness (QED) is 0.281. The number of hydrogen-bond acceptors (Lipinski definition) is 5. The first-order valence-electron chi connectivity index (χ1n) is 11.7. The Morgan fingerprint density at radius 2 is 1.38 bits per heavy atom. The fourth-order valence-corrected chi connectivity index (χ4v) is 3.50. The normalized spacial score (nSPS) is 10.7. The number of anilines is 1. The summed E-state index contributed by atoms with van der Waals surface area (Å²) in [5.41, 5.74) is 7.82. The van der Waals surface area contributed by atoms with Crippen molar-refractivity contribution in [2.75, 3.05) is 11.9 Å². The highest BCUT2D eigenvalue weighted by Crippen LogP contribution is 2.22. The molecule has 4 N–H and O–H groups in total. The molecule has 8 nitrogen and oxygen atoms in total. The number of hydrogen-bond donors (Lipinski definition) is 4. The number of thiocarbonyl (C=S) groups is 1. The Morgan fingerprint density at radius 1 is 0.784 bits per heavy atom. The zero-order valence-electron chi connectivity index (χ0n) is 21.2. The molecule has 0 atom stereocenters.